The van der Waals surface area contributed by atoms with Gasteiger partial charge in [0, 0.05) is 18.3 Å². The van der Waals surface area contributed by atoms with Crippen molar-refractivity contribution < 1.29 is 48.0 Å². The fraction of sp³-hybridized carbons (Fsp3) is 0.600. The van der Waals surface area contributed by atoms with E-state index in [-0.39, 0.29) is 17.9 Å². The second-order valence-electron chi connectivity index (χ2n) is 8.94. The van der Waals surface area contributed by atoms with Crippen LogP contribution in [0.5, 0.6) is 11.5 Å². The molecule has 202 valence electrons. The van der Waals surface area contributed by atoms with E-state index in [4.69, 9.17) is 29.4 Å². The van der Waals surface area contributed by atoms with E-state index in [9.17, 15) is 24.3 Å². The number of carbonyl (C=O) groups is 4. The Morgan fingerprint density at radius 3 is 1.86 bits per heavy atom. The van der Waals surface area contributed by atoms with Crippen LogP contribution in [0.4, 0.5) is 9.59 Å². The van der Waals surface area contributed by atoms with E-state index in [1.54, 1.807) is 41.5 Å². The lowest BCUT2D eigenvalue weighted by molar-refractivity contribution is -0.151. The van der Waals surface area contributed by atoms with Crippen molar-refractivity contribution >= 4 is 24.2 Å². The van der Waals surface area contributed by atoms with Gasteiger partial charge in [0.25, 0.3) is 0 Å². The molecular formula is C25H37NO10. The van der Waals surface area contributed by atoms with Gasteiger partial charge in [-0.2, -0.15) is 0 Å². The molecule has 0 saturated carbocycles. The minimum absolute atomic E-state index is 0.150. The number of carbonyl (C=O) groups excluding carboxylic acids is 3. The molecule has 3 unspecified atom stereocenters. The molecule has 4 atom stereocenters. The molecule has 3 N–H and O–H groups in total. The molecule has 0 bridgehead atoms. The number of esters is 1. The Balaban J connectivity index is 3.44. The van der Waals surface area contributed by atoms with Crippen LogP contribution in [-0.2, 0) is 23.8 Å². The molecular weight excluding hydrogens is 474 g/mol. The molecule has 36 heavy (non-hydrogen) atoms. The highest BCUT2D eigenvalue weighted by atomic mass is 16.7. The summed E-state index contributed by atoms with van der Waals surface area (Å²) in [6, 6.07) is 2.77. The van der Waals surface area contributed by atoms with E-state index in [1.807, 2.05) is 6.92 Å². The lowest BCUT2D eigenvalue weighted by Crippen LogP contribution is -2.42. The maximum Gasteiger partial charge on any atom is 0.514 e. The number of carboxylic acids is 1. The smallest absolute Gasteiger partial charge is 0.480 e. The predicted octanol–water partition coefficient (Wildman–Crippen LogP) is 4.40. The van der Waals surface area contributed by atoms with E-state index < -0.39 is 60.4 Å². The van der Waals surface area contributed by atoms with Crippen LogP contribution >= 0.6 is 0 Å². The van der Waals surface area contributed by atoms with Crippen LogP contribution in [0, 0.1) is 5.92 Å². The van der Waals surface area contributed by atoms with Crippen molar-refractivity contribution in [3.8, 4) is 11.5 Å². The molecule has 11 heteroatoms. The molecule has 0 aliphatic carbocycles. The molecule has 0 amide bonds. The van der Waals surface area contributed by atoms with Crippen molar-refractivity contribution in [1.29, 1.82) is 0 Å². The minimum atomic E-state index is -1.39. The second-order valence-corrected chi connectivity index (χ2v) is 8.94. The first kappa shape index (κ1) is 30.7. The fourth-order valence-electron chi connectivity index (χ4n) is 3.37. The molecule has 0 radical (unpaired) electrons. The van der Waals surface area contributed by atoms with Crippen molar-refractivity contribution in [3.05, 3.63) is 23.8 Å². The summed E-state index contributed by atoms with van der Waals surface area (Å²) in [5.74, 6) is -3.46. The molecule has 1 aromatic carbocycles. The lowest BCUT2D eigenvalue weighted by atomic mass is 9.79. The first-order valence-electron chi connectivity index (χ1n) is 11.8. The largest absolute Gasteiger partial charge is 0.514 e. The van der Waals surface area contributed by atoms with Crippen LogP contribution < -0.4 is 15.2 Å². The topological polar surface area (TPSA) is 161 Å². The van der Waals surface area contributed by atoms with Gasteiger partial charge in [-0.25, -0.2) is 9.59 Å². The van der Waals surface area contributed by atoms with Crippen molar-refractivity contribution in [2.45, 2.75) is 91.6 Å². The molecule has 1 aromatic rings. The third kappa shape index (κ3) is 9.73. The van der Waals surface area contributed by atoms with Gasteiger partial charge in [-0.15, -0.1) is 0 Å². The maximum atomic E-state index is 12.2. The molecule has 11 nitrogen and oxygen atoms in total. The lowest BCUT2D eigenvalue weighted by Gasteiger charge is -2.31. The zero-order valence-corrected chi connectivity index (χ0v) is 21.8. The van der Waals surface area contributed by atoms with Gasteiger partial charge in [0.15, 0.2) is 11.5 Å². The number of ether oxygens (including phenoxy) is 5. The average Bonchev–Trinajstić information content (AvgIpc) is 2.74. The van der Waals surface area contributed by atoms with Crippen LogP contribution in [0.3, 0.4) is 0 Å². The van der Waals surface area contributed by atoms with Crippen molar-refractivity contribution in [3.63, 3.8) is 0 Å². The van der Waals surface area contributed by atoms with Crippen molar-refractivity contribution in [2.75, 3.05) is 0 Å². The van der Waals surface area contributed by atoms with Gasteiger partial charge < -0.3 is 34.5 Å². The molecule has 0 spiro atoms. The van der Waals surface area contributed by atoms with Crippen LogP contribution in [0.15, 0.2) is 18.2 Å². The maximum absolute atomic E-state index is 12.2. The third-order valence-electron chi connectivity index (χ3n) is 5.15. The Morgan fingerprint density at radius 1 is 0.861 bits per heavy atom. The Kier molecular flexibility index (Phi) is 12.2. The number of hydrogen-bond acceptors (Lipinski definition) is 10. The Bertz CT molecular complexity index is 914. The summed E-state index contributed by atoms with van der Waals surface area (Å²) >= 11 is 0. The Morgan fingerprint density at radius 2 is 1.39 bits per heavy atom. The van der Waals surface area contributed by atoms with E-state index in [0.29, 0.717) is 12.0 Å². The summed E-state index contributed by atoms with van der Waals surface area (Å²) in [4.78, 5) is 48.1. The standard InChI is InChI=1S/C25H37NO10/c1-8-9-20(27)34-16(7)15(6)21(22(26)23(28)29)17-10-11-18(35-24(30)32-13(2)3)19(12-17)36-25(31)33-14(4)5/h10-16,21-22H,8-9,26H2,1-7H3,(H,28,29)/t15?,16?,21?,22-/m0/s1. The first-order chi connectivity index (χ1) is 16.8. The van der Waals surface area contributed by atoms with Gasteiger partial charge in [0.1, 0.15) is 12.1 Å². The van der Waals surface area contributed by atoms with Crippen molar-refractivity contribution in [1.82, 2.24) is 0 Å². The van der Waals surface area contributed by atoms with E-state index in [1.165, 1.54) is 18.2 Å². The second kappa shape index (κ2) is 14.3. The van der Waals surface area contributed by atoms with Gasteiger partial charge in [0.05, 0.1) is 12.2 Å². The SMILES string of the molecule is CCCC(=O)OC(C)C(C)C(c1ccc(OC(=O)OC(C)C)c(OC(=O)OC(C)C)c1)[C@H](N)C(=O)O. The van der Waals surface area contributed by atoms with Crippen LogP contribution in [-0.4, -0.2) is 53.7 Å². The number of benzene rings is 1. The van der Waals surface area contributed by atoms with Gasteiger partial charge in [-0.05, 0) is 58.7 Å². The minimum Gasteiger partial charge on any atom is -0.480 e. The molecule has 0 aliphatic heterocycles. The summed E-state index contributed by atoms with van der Waals surface area (Å²) in [7, 11) is 0. The Hall–Kier alpha value is -3.34. The number of hydrogen-bond donors (Lipinski definition) is 2. The number of nitrogens with two attached hydrogens (primary N) is 1. The van der Waals surface area contributed by atoms with Crippen LogP contribution in [0.25, 0.3) is 0 Å². The van der Waals surface area contributed by atoms with E-state index >= 15 is 0 Å². The highest BCUT2D eigenvalue weighted by molar-refractivity contribution is 5.75. The average molecular weight is 512 g/mol. The van der Waals surface area contributed by atoms with Crippen molar-refractivity contribution in [2.24, 2.45) is 11.7 Å². The van der Waals surface area contributed by atoms with Gasteiger partial charge in [-0.1, -0.05) is 19.9 Å². The highest BCUT2D eigenvalue weighted by Gasteiger charge is 2.36. The third-order valence-corrected chi connectivity index (χ3v) is 5.15. The molecule has 0 aliphatic rings. The zero-order chi connectivity index (χ0) is 27.6. The van der Waals surface area contributed by atoms with Gasteiger partial charge >= 0.3 is 24.2 Å². The van der Waals surface area contributed by atoms with Gasteiger partial charge in [0.2, 0.25) is 0 Å². The quantitative estimate of drug-likeness (QED) is 0.232. The predicted molar refractivity (Wildman–Crippen MR) is 129 cm³/mol. The molecule has 1 rings (SSSR count). The molecule has 0 fully saturated rings. The summed E-state index contributed by atoms with van der Waals surface area (Å²) in [5, 5.41) is 9.66. The molecule has 0 saturated heterocycles. The Labute approximate surface area is 211 Å². The molecule has 0 heterocycles. The number of aliphatic carboxylic acids is 1. The first-order valence-corrected chi connectivity index (χ1v) is 11.8. The van der Waals surface area contributed by atoms with Crippen LogP contribution in [0.2, 0.25) is 0 Å². The summed E-state index contributed by atoms with van der Waals surface area (Å²) in [6.07, 6.45) is -2.87. The van der Waals surface area contributed by atoms with E-state index in [0.717, 1.165) is 0 Å². The zero-order valence-electron chi connectivity index (χ0n) is 21.8. The number of carboxylic acid groups (broad SMARTS) is 1. The molecule has 0 aromatic heterocycles. The highest BCUT2D eigenvalue weighted by Crippen LogP contribution is 2.37. The summed E-state index contributed by atoms with van der Waals surface area (Å²) in [5.41, 5.74) is 6.39. The van der Waals surface area contributed by atoms with Gasteiger partial charge in [-0.3, -0.25) is 9.59 Å². The van der Waals surface area contributed by atoms with Crippen LogP contribution in [0.1, 0.15) is 72.8 Å². The van der Waals surface area contributed by atoms with E-state index in [2.05, 4.69) is 0 Å². The monoisotopic (exact) mass is 511 g/mol. The fourth-order valence-corrected chi connectivity index (χ4v) is 3.37. The summed E-state index contributed by atoms with van der Waals surface area (Å²) in [6.45, 7) is 11.7. The normalized spacial score (nSPS) is 14.4. The number of rotatable bonds is 12. The summed E-state index contributed by atoms with van der Waals surface area (Å²) < 4.78 is 25.9.